The normalized spacial score (nSPS) is 13.3. The maximum atomic E-state index is 5.64. The Morgan fingerprint density at radius 3 is 3.07 bits per heavy atom. The average Bonchev–Trinajstić information content (AvgIpc) is 2.59. The van der Waals surface area contributed by atoms with Crippen molar-refractivity contribution < 1.29 is 4.42 Å². The van der Waals surface area contributed by atoms with Crippen LogP contribution in [0.2, 0.25) is 0 Å². The second-order valence-corrected chi connectivity index (χ2v) is 4.26. The van der Waals surface area contributed by atoms with Gasteiger partial charge in [0.15, 0.2) is 5.58 Å². The van der Waals surface area contributed by atoms with Crippen LogP contribution in [0.3, 0.4) is 0 Å². The molecule has 3 nitrogen and oxygen atoms in total. The molecule has 0 radical (unpaired) electrons. The van der Waals surface area contributed by atoms with Gasteiger partial charge in [0.1, 0.15) is 5.52 Å². The van der Waals surface area contributed by atoms with Gasteiger partial charge >= 0.3 is 0 Å². The van der Waals surface area contributed by atoms with Crippen molar-refractivity contribution in [2.75, 3.05) is 5.73 Å². The van der Waals surface area contributed by atoms with Crippen LogP contribution in [0.4, 0.5) is 5.69 Å². The van der Waals surface area contributed by atoms with Crippen LogP contribution >= 0.6 is 15.9 Å². The van der Waals surface area contributed by atoms with Crippen LogP contribution in [-0.4, -0.2) is 4.98 Å². The molecule has 0 saturated carbocycles. The van der Waals surface area contributed by atoms with Crippen LogP contribution in [-0.2, 0) is 0 Å². The predicted molar refractivity (Wildman–Crippen MR) is 60.4 cm³/mol. The van der Waals surface area contributed by atoms with Crippen molar-refractivity contribution in [1.29, 1.82) is 0 Å². The summed E-state index contributed by atoms with van der Waals surface area (Å²) in [7, 11) is 0. The van der Waals surface area contributed by atoms with E-state index >= 15 is 0 Å². The standard InChI is InChI=1S/C10H11BrN2O/c1-2-7(11)10-13-8-4-3-6(12)5-9(8)14-10/h3-5,7H,2,12H2,1H3. The molecule has 0 aliphatic heterocycles. The van der Waals surface area contributed by atoms with Crippen LogP contribution < -0.4 is 5.73 Å². The first-order valence-electron chi connectivity index (χ1n) is 4.50. The molecule has 0 fully saturated rings. The zero-order valence-corrected chi connectivity index (χ0v) is 9.41. The number of fused-ring (bicyclic) bond motifs is 1. The molecule has 0 spiro atoms. The summed E-state index contributed by atoms with van der Waals surface area (Å²) in [5.41, 5.74) is 7.94. The summed E-state index contributed by atoms with van der Waals surface area (Å²) in [5, 5.41) is 0. The molecule has 0 aliphatic rings. The summed E-state index contributed by atoms with van der Waals surface area (Å²) in [5.74, 6) is 0.716. The molecule has 0 saturated heterocycles. The zero-order chi connectivity index (χ0) is 10.1. The second kappa shape index (κ2) is 3.61. The van der Waals surface area contributed by atoms with Crippen LogP contribution in [0.5, 0.6) is 0 Å². The maximum Gasteiger partial charge on any atom is 0.209 e. The number of alkyl halides is 1. The Hall–Kier alpha value is -1.03. The summed E-state index contributed by atoms with van der Waals surface area (Å²) in [6.07, 6.45) is 0.947. The lowest BCUT2D eigenvalue weighted by atomic mass is 10.3. The minimum Gasteiger partial charge on any atom is -0.439 e. The minimum atomic E-state index is 0.177. The molecule has 74 valence electrons. The van der Waals surface area contributed by atoms with E-state index in [1.54, 1.807) is 6.07 Å². The summed E-state index contributed by atoms with van der Waals surface area (Å²) < 4.78 is 5.56. The number of nitrogens with zero attached hydrogens (tertiary/aromatic N) is 1. The number of hydrogen-bond donors (Lipinski definition) is 1. The third kappa shape index (κ3) is 1.62. The van der Waals surface area contributed by atoms with Crippen molar-refractivity contribution >= 4 is 32.7 Å². The first-order chi connectivity index (χ1) is 6.70. The summed E-state index contributed by atoms with van der Waals surface area (Å²) in [6.45, 7) is 2.07. The lowest BCUT2D eigenvalue weighted by Crippen LogP contribution is -1.85. The van der Waals surface area contributed by atoms with E-state index in [0.717, 1.165) is 17.5 Å². The van der Waals surface area contributed by atoms with Gasteiger partial charge in [-0.2, -0.15) is 0 Å². The quantitative estimate of drug-likeness (QED) is 0.661. The van der Waals surface area contributed by atoms with Gasteiger partial charge in [-0.05, 0) is 18.6 Å². The van der Waals surface area contributed by atoms with Crippen molar-refractivity contribution in [3.63, 3.8) is 0 Å². The molecule has 1 atom stereocenters. The summed E-state index contributed by atoms with van der Waals surface area (Å²) in [6, 6.07) is 5.48. The van der Waals surface area contributed by atoms with Crippen LogP contribution in [0.15, 0.2) is 22.6 Å². The zero-order valence-electron chi connectivity index (χ0n) is 7.83. The van der Waals surface area contributed by atoms with Crippen molar-refractivity contribution in [3.8, 4) is 0 Å². The van der Waals surface area contributed by atoms with E-state index < -0.39 is 0 Å². The molecule has 1 aromatic heterocycles. The first kappa shape index (κ1) is 9.52. The fourth-order valence-electron chi connectivity index (χ4n) is 1.27. The molecule has 0 aliphatic carbocycles. The number of nitrogens with two attached hydrogens (primary N) is 1. The van der Waals surface area contributed by atoms with Gasteiger partial charge in [0.05, 0.1) is 4.83 Å². The molecule has 0 amide bonds. The van der Waals surface area contributed by atoms with Gasteiger partial charge in [-0.3, -0.25) is 0 Å². The minimum absolute atomic E-state index is 0.177. The Balaban J connectivity index is 2.51. The number of oxazole rings is 1. The van der Waals surface area contributed by atoms with Crippen molar-refractivity contribution in [2.45, 2.75) is 18.2 Å². The Labute approximate surface area is 90.4 Å². The van der Waals surface area contributed by atoms with Crippen molar-refractivity contribution in [2.24, 2.45) is 0 Å². The molecule has 14 heavy (non-hydrogen) atoms. The molecular formula is C10H11BrN2O. The molecule has 4 heteroatoms. The largest absolute Gasteiger partial charge is 0.439 e. The van der Waals surface area contributed by atoms with Gasteiger partial charge in [0, 0.05) is 11.8 Å². The molecule has 1 heterocycles. The number of hydrogen-bond acceptors (Lipinski definition) is 3. The van der Waals surface area contributed by atoms with E-state index in [4.69, 9.17) is 10.2 Å². The maximum absolute atomic E-state index is 5.64. The smallest absolute Gasteiger partial charge is 0.209 e. The van der Waals surface area contributed by atoms with E-state index in [0.29, 0.717) is 11.6 Å². The van der Waals surface area contributed by atoms with E-state index in [-0.39, 0.29) is 4.83 Å². The highest BCUT2D eigenvalue weighted by molar-refractivity contribution is 9.09. The van der Waals surface area contributed by atoms with E-state index in [1.165, 1.54) is 0 Å². The molecule has 2 rings (SSSR count). The van der Waals surface area contributed by atoms with Crippen LogP contribution in [0.1, 0.15) is 24.1 Å². The highest BCUT2D eigenvalue weighted by atomic mass is 79.9. The van der Waals surface area contributed by atoms with Gasteiger partial charge in [-0.1, -0.05) is 22.9 Å². The molecular weight excluding hydrogens is 244 g/mol. The molecule has 2 aromatic rings. The summed E-state index contributed by atoms with van der Waals surface area (Å²) >= 11 is 3.49. The number of rotatable bonds is 2. The Bertz CT molecular complexity index is 452. The second-order valence-electron chi connectivity index (χ2n) is 3.16. The number of benzene rings is 1. The predicted octanol–water partition coefficient (Wildman–Crippen LogP) is 3.26. The van der Waals surface area contributed by atoms with Crippen molar-refractivity contribution in [3.05, 3.63) is 24.1 Å². The number of anilines is 1. The monoisotopic (exact) mass is 254 g/mol. The number of nitrogen functional groups attached to an aromatic ring is 1. The first-order valence-corrected chi connectivity index (χ1v) is 5.42. The number of aromatic nitrogens is 1. The Kier molecular flexibility index (Phi) is 2.46. The molecule has 2 N–H and O–H groups in total. The molecule has 1 unspecified atom stereocenters. The highest BCUT2D eigenvalue weighted by Gasteiger charge is 2.12. The molecule has 1 aromatic carbocycles. The topological polar surface area (TPSA) is 52.0 Å². The van der Waals surface area contributed by atoms with Gasteiger partial charge in [0.25, 0.3) is 0 Å². The van der Waals surface area contributed by atoms with Gasteiger partial charge in [0.2, 0.25) is 5.89 Å². The highest BCUT2D eigenvalue weighted by Crippen LogP contribution is 2.28. The Morgan fingerprint density at radius 2 is 2.36 bits per heavy atom. The molecule has 0 bridgehead atoms. The van der Waals surface area contributed by atoms with E-state index in [9.17, 15) is 0 Å². The summed E-state index contributed by atoms with van der Waals surface area (Å²) in [4.78, 5) is 4.53. The lowest BCUT2D eigenvalue weighted by Gasteiger charge is -1.97. The average molecular weight is 255 g/mol. The van der Waals surface area contributed by atoms with Gasteiger partial charge in [-0.15, -0.1) is 0 Å². The third-order valence-corrected chi connectivity index (χ3v) is 3.09. The fraction of sp³-hybridized carbons (Fsp3) is 0.300. The SMILES string of the molecule is CCC(Br)c1nc2ccc(N)cc2o1. The third-order valence-electron chi connectivity index (χ3n) is 2.06. The van der Waals surface area contributed by atoms with Gasteiger partial charge in [-0.25, -0.2) is 4.98 Å². The van der Waals surface area contributed by atoms with E-state index in [1.807, 2.05) is 12.1 Å². The van der Waals surface area contributed by atoms with Gasteiger partial charge < -0.3 is 10.2 Å². The van der Waals surface area contributed by atoms with Crippen LogP contribution in [0, 0.1) is 0 Å². The fourth-order valence-corrected chi connectivity index (χ4v) is 1.46. The van der Waals surface area contributed by atoms with Crippen LogP contribution in [0.25, 0.3) is 11.1 Å². The number of halogens is 1. The van der Waals surface area contributed by atoms with E-state index in [2.05, 4.69) is 27.8 Å². The lowest BCUT2D eigenvalue weighted by molar-refractivity contribution is 0.523. The van der Waals surface area contributed by atoms with Crippen molar-refractivity contribution in [1.82, 2.24) is 4.98 Å². The Morgan fingerprint density at radius 1 is 1.57 bits per heavy atom.